The number of rotatable bonds is 12. The van der Waals surface area contributed by atoms with Crippen LogP contribution in [0.5, 0.6) is 17.2 Å². The van der Waals surface area contributed by atoms with Crippen molar-refractivity contribution >= 4 is 36.2 Å². The maximum atomic E-state index is 10.4. The number of nitrogens with zero attached hydrogens (tertiary/aromatic N) is 2. The minimum Gasteiger partial charge on any atom is -0.493 e. The number of halogens is 2. The maximum absolute atomic E-state index is 10.4. The number of hydrogen-bond acceptors (Lipinski definition) is 7. The monoisotopic (exact) mass is 551 g/mol. The molecule has 0 amide bonds. The predicted octanol–water partition coefficient (Wildman–Crippen LogP) is 5.03. The summed E-state index contributed by atoms with van der Waals surface area (Å²) in [6.45, 7) is 1.35. The molecule has 0 saturated heterocycles. The lowest BCUT2D eigenvalue weighted by molar-refractivity contribution is 0.106. The van der Waals surface area contributed by atoms with Crippen LogP contribution in [-0.2, 0) is 6.42 Å². The highest BCUT2D eigenvalue weighted by molar-refractivity contribution is 7.13. The van der Waals surface area contributed by atoms with Crippen LogP contribution in [0, 0.1) is 0 Å². The average Bonchev–Trinajstić information content (AvgIpc) is 3.58. The third-order valence-corrected chi connectivity index (χ3v) is 6.24. The summed E-state index contributed by atoms with van der Waals surface area (Å²) in [5.74, 6) is 2.13. The van der Waals surface area contributed by atoms with Gasteiger partial charge in [-0.1, -0.05) is 24.3 Å². The van der Waals surface area contributed by atoms with Crippen molar-refractivity contribution in [3.63, 3.8) is 0 Å². The van der Waals surface area contributed by atoms with E-state index in [4.69, 9.17) is 14.2 Å². The van der Waals surface area contributed by atoms with Crippen LogP contribution < -0.4 is 19.5 Å². The van der Waals surface area contributed by atoms with Crippen molar-refractivity contribution < 1.29 is 19.3 Å². The highest BCUT2D eigenvalue weighted by Crippen LogP contribution is 2.28. The summed E-state index contributed by atoms with van der Waals surface area (Å²) in [6.07, 6.45) is 3.94. The smallest absolute Gasteiger partial charge is 0.160 e. The molecule has 4 aromatic rings. The van der Waals surface area contributed by atoms with Gasteiger partial charge < -0.3 is 29.2 Å². The van der Waals surface area contributed by atoms with Crippen LogP contribution in [0.3, 0.4) is 0 Å². The fourth-order valence-electron chi connectivity index (χ4n) is 3.58. The van der Waals surface area contributed by atoms with Gasteiger partial charge in [-0.05, 0) is 54.2 Å². The van der Waals surface area contributed by atoms with Gasteiger partial charge in [-0.25, -0.2) is 4.98 Å². The number of methoxy groups -OCH3 is 2. The van der Waals surface area contributed by atoms with E-state index in [1.54, 1.807) is 31.9 Å². The zero-order valence-electron chi connectivity index (χ0n) is 20.1. The molecule has 194 valence electrons. The zero-order valence-corrected chi connectivity index (χ0v) is 22.6. The molecular weight excluding hydrogens is 521 g/mol. The highest BCUT2D eigenvalue weighted by atomic mass is 35.5. The Hall–Kier alpha value is -2.75. The number of benzene rings is 2. The van der Waals surface area contributed by atoms with Gasteiger partial charge in [0.25, 0.3) is 0 Å². The molecule has 0 bridgehead atoms. The number of aliphatic hydroxyl groups is 1. The minimum absolute atomic E-state index is 0. The third-order valence-electron chi connectivity index (χ3n) is 5.35. The molecule has 0 saturated carbocycles. The van der Waals surface area contributed by atoms with Crippen LogP contribution in [0.4, 0.5) is 0 Å². The molecule has 2 aromatic carbocycles. The Morgan fingerprint density at radius 3 is 2.56 bits per heavy atom. The summed E-state index contributed by atoms with van der Waals surface area (Å²) in [4.78, 5) is 5.63. The van der Waals surface area contributed by atoms with E-state index in [-0.39, 0.29) is 31.4 Å². The fourth-order valence-corrected chi connectivity index (χ4v) is 4.27. The molecule has 0 aliphatic carbocycles. The second-order valence-corrected chi connectivity index (χ2v) is 8.67. The zero-order chi connectivity index (χ0) is 23.8. The first-order valence-electron chi connectivity index (χ1n) is 11.1. The van der Waals surface area contributed by atoms with Crippen LogP contribution in [0.2, 0.25) is 0 Å². The van der Waals surface area contributed by atoms with Gasteiger partial charge in [-0.3, -0.25) is 0 Å². The standard InChI is InChI=1S/C26H29N3O4S.2ClH/c1-31-24-10-9-19(14-25(24)32-2)11-12-27-15-20(30)17-33-23-7-4-3-6-22(23)29-16-21(28-18-29)26-8-5-13-34-26;;/h3-10,13-14,16,18,20,27,30H,11-12,15,17H2,1-2H3;2*1H. The quantitative estimate of drug-likeness (QED) is 0.240. The normalized spacial score (nSPS) is 11.2. The number of nitrogens with one attached hydrogen (secondary N) is 1. The van der Waals surface area contributed by atoms with E-state index < -0.39 is 6.10 Å². The van der Waals surface area contributed by atoms with Gasteiger partial charge in [0.1, 0.15) is 24.8 Å². The predicted molar refractivity (Wildman–Crippen MR) is 149 cm³/mol. The van der Waals surface area contributed by atoms with E-state index in [1.165, 1.54) is 0 Å². The fraction of sp³-hybridized carbons (Fsp3) is 0.269. The van der Waals surface area contributed by atoms with Gasteiger partial charge in [0.05, 0.1) is 30.5 Å². The first kappa shape index (κ1) is 29.5. The van der Waals surface area contributed by atoms with E-state index in [2.05, 4.69) is 10.3 Å². The van der Waals surface area contributed by atoms with E-state index in [0.29, 0.717) is 23.8 Å². The molecule has 1 atom stereocenters. The largest absolute Gasteiger partial charge is 0.493 e. The van der Waals surface area contributed by atoms with Crippen molar-refractivity contribution in [3.8, 4) is 33.5 Å². The molecule has 36 heavy (non-hydrogen) atoms. The van der Waals surface area contributed by atoms with Crippen LogP contribution in [-0.4, -0.2) is 54.7 Å². The van der Waals surface area contributed by atoms with Crippen LogP contribution in [0.1, 0.15) is 5.56 Å². The van der Waals surface area contributed by atoms with Gasteiger partial charge in [0.2, 0.25) is 0 Å². The summed E-state index contributed by atoms with van der Waals surface area (Å²) in [5, 5.41) is 15.7. The first-order valence-corrected chi connectivity index (χ1v) is 12.0. The molecule has 2 heterocycles. The Labute approximate surface area is 227 Å². The molecule has 0 spiro atoms. The summed E-state index contributed by atoms with van der Waals surface area (Å²) in [5.41, 5.74) is 2.93. The lowest BCUT2D eigenvalue weighted by Gasteiger charge is -2.16. The molecule has 0 radical (unpaired) electrons. The molecule has 1 unspecified atom stereocenters. The summed E-state index contributed by atoms with van der Waals surface area (Å²) in [7, 11) is 3.25. The Morgan fingerprint density at radius 2 is 1.81 bits per heavy atom. The molecule has 7 nitrogen and oxygen atoms in total. The number of imidazole rings is 1. The van der Waals surface area contributed by atoms with Gasteiger partial charge in [-0.15, -0.1) is 36.2 Å². The molecule has 4 rings (SSSR count). The number of aliphatic hydroxyl groups excluding tert-OH is 1. The summed E-state index contributed by atoms with van der Waals surface area (Å²) in [6, 6.07) is 17.7. The number of para-hydroxylation sites is 2. The van der Waals surface area contributed by atoms with Gasteiger partial charge >= 0.3 is 0 Å². The average molecular weight is 553 g/mol. The lowest BCUT2D eigenvalue weighted by Crippen LogP contribution is -2.32. The lowest BCUT2D eigenvalue weighted by atomic mass is 10.1. The van der Waals surface area contributed by atoms with Crippen molar-refractivity contribution in [1.29, 1.82) is 0 Å². The van der Waals surface area contributed by atoms with Crippen molar-refractivity contribution in [2.75, 3.05) is 33.9 Å². The second kappa shape index (κ2) is 14.7. The first-order chi connectivity index (χ1) is 16.7. The molecular formula is C26H31Cl2N3O4S. The Morgan fingerprint density at radius 1 is 1.00 bits per heavy atom. The van der Waals surface area contributed by atoms with Crippen molar-refractivity contribution in [1.82, 2.24) is 14.9 Å². The maximum Gasteiger partial charge on any atom is 0.160 e. The number of hydrogen-bond donors (Lipinski definition) is 2. The number of ether oxygens (including phenoxy) is 3. The van der Waals surface area contributed by atoms with Crippen LogP contribution >= 0.6 is 36.2 Å². The number of thiophene rings is 1. The van der Waals surface area contributed by atoms with Gasteiger partial charge in [-0.2, -0.15) is 0 Å². The Bertz CT molecular complexity index is 1190. The molecule has 10 heteroatoms. The van der Waals surface area contributed by atoms with Crippen molar-refractivity contribution in [3.05, 3.63) is 78.1 Å². The van der Waals surface area contributed by atoms with Crippen LogP contribution in [0.15, 0.2) is 72.5 Å². The van der Waals surface area contributed by atoms with E-state index >= 15 is 0 Å². The third kappa shape index (κ3) is 7.62. The van der Waals surface area contributed by atoms with E-state index in [1.807, 2.05) is 70.7 Å². The minimum atomic E-state index is -0.636. The summed E-state index contributed by atoms with van der Waals surface area (Å²) >= 11 is 1.66. The topological polar surface area (TPSA) is 77.8 Å². The van der Waals surface area contributed by atoms with E-state index in [9.17, 15) is 5.11 Å². The second-order valence-electron chi connectivity index (χ2n) is 7.72. The van der Waals surface area contributed by atoms with Gasteiger partial charge in [0.15, 0.2) is 11.5 Å². The molecule has 0 aliphatic heterocycles. The Balaban J connectivity index is 0.00000228. The van der Waals surface area contributed by atoms with E-state index in [0.717, 1.165) is 34.8 Å². The molecule has 0 fully saturated rings. The SMILES string of the molecule is COc1ccc(CCNCC(O)COc2ccccc2-n2cnc(-c3cccs3)c2)cc1OC.Cl.Cl. The van der Waals surface area contributed by atoms with Gasteiger partial charge in [0, 0.05) is 12.7 Å². The summed E-state index contributed by atoms with van der Waals surface area (Å²) < 4.78 is 18.5. The van der Waals surface area contributed by atoms with Crippen molar-refractivity contribution in [2.45, 2.75) is 12.5 Å². The Kier molecular flexibility index (Phi) is 12.1. The molecule has 2 aromatic heterocycles. The van der Waals surface area contributed by atoms with Crippen LogP contribution in [0.25, 0.3) is 16.3 Å². The molecule has 0 aliphatic rings. The highest BCUT2D eigenvalue weighted by Gasteiger charge is 2.11. The molecule has 2 N–H and O–H groups in total. The van der Waals surface area contributed by atoms with Crippen molar-refractivity contribution in [2.24, 2.45) is 0 Å². The number of aromatic nitrogens is 2.